The van der Waals surface area contributed by atoms with Crippen molar-refractivity contribution < 1.29 is 4.79 Å². The van der Waals surface area contributed by atoms with Crippen LogP contribution in [-0.2, 0) is 4.79 Å². The van der Waals surface area contributed by atoms with E-state index in [9.17, 15) is 4.79 Å². The zero-order valence-electron chi connectivity index (χ0n) is 6.44. The van der Waals surface area contributed by atoms with Crippen molar-refractivity contribution in [1.82, 2.24) is 5.32 Å². The van der Waals surface area contributed by atoms with Crippen LogP contribution in [0.4, 0.5) is 0 Å². The Morgan fingerprint density at radius 2 is 2.20 bits per heavy atom. The van der Waals surface area contributed by atoms with Crippen molar-refractivity contribution in [3.05, 3.63) is 0 Å². The maximum atomic E-state index is 10.8. The van der Waals surface area contributed by atoms with Crippen LogP contribution in [0.5, 0.6) is 0 Å². The minimum absolute atomic E-state index is 0.213. The normalized spacial score (nSPS) is 9.40. The summed E-state index contributed by atoms with van der Waals surface area (Å²) in [6.07, 6.45) is 4.11. The Bertz CT molecular complexity index is 95.6. The van der Waals surface area contributed by atoms with Crippen LogP contribution in [0.25, 0.3) is 0 Å². The summed E-state index contributed by atoms with van der Waals surface area (Å²) >= 11 is 1.37. The van der Waals surface area contributed by atoms with Crippen molar-refractivity contribution in [2.45, 2.75) is 32.6 Å². The number of nitrogens with one attached hydrogen (secondary N) is 1. The molecule has 0 spiro atoms. The van der Waals surface area contributed by atoms with Gasteiger partial charge in [0.05, 0.1) is 0 Å². The second-order valence-corrected chi connectivity index (χ2v) is 3.24. The van der Waals surface area contributed by atoms with Gasteiger partial charge in [-0.2, -0.15) is 0 Å². The van der Waals surface area contributed by atoms with Gasteiger partial charge >= 0.3 is 75.7 Å². The minimum atomic E-state index is 0.213. The Morgan fingerprint density at radius 1 is 1.50 bits per heavy atom. The molecule has 0 saturated heterocycles. The van der Waals surface area contributed by atoms with Crippen molar-refractivity contribution in [3.8, 4) is 0 Å². The van der Waals surface area contributed by atoms with Gasteiger partial charge in [0, 0.05) is 0 Å². The van der Waals surface area contributed by atoms with E-state index in [1.807, 2.05) is 0 Å². The summed E-state index contributed by atoms with van der Waals surface area (Å²) in [4.78, 5) is 10.8. The van der Waals surface area contributed by atoms with E-state index in [1.165, 1.54) is 35.4 Å². The van der Waals surface area contributed by atoms with Crippen molar-refractivity contribution in [3.63, 3.8) is 0 Å². The molecule has 0 aliphatic heterocycles. The number of hydrogen-bond acceptors (Lipinski definition) is 1. The first-order chi connectivity index (χ1) is 4.81. The van der Waals surface area contributed by atoms with Crippen molar-refractivity contribution in [2.75, 3.05) is 4.56 Å². The van der Waals surface area contributed by atoms with Crippen LogP contribution in [0.2, 0.25) is 0 Å². The topological polar surface area (TPSA) is 29.1 Å². The molecular weight excluding hydrogens is 233 g/mol. The molecule has 0 fully saturated rings. The standard InChI is InChI=1S/C7H14NO.Sn/c1-3-4-5-6-7(9)8-2;/h2-6H2,1H3,(H,8,9);. The summed E-state index contributed by atoms with van der Waals surface area (Å²) in [5.74, 6) is 0.213. The third kappa shape index (κ3) is 6.39. The van der Waals surface area contributed by atoms with Crippen molar-refractivity contribution in [1.29, 1.82) is 0 Å². The fraction of sp³-hybridized carbons (Fsp3) is 0.857. The van der Waals surface area contributed by atoms with Gasteiger partial charge < -0.3 is 0 Å². The predicted molar refractivity (Wildman–Crippen MR) is 42.9 cm³/mol. The fourth-order valence-electron chi connectivity index (χ4n) is 0.723. The number of carbonyl (C=O) groups excluding carboxylic acids is 1. The number of unbranched alkanes of at least 4 members (excludes halogenated alkanes) is 2. The second kappa shape index (κ2) is 7.38. The van der Waals surface area contributed by atoms with Crippen LogP contribution < -0.4 is 5.32 Å². The molecule has 0 unspecified atom stereocenters. The number of carbonyl (C=O) groups is 1. The quantitative estimate of drug-likeness (QED) is 0.565. The van der Waals surface area contributed by atoms with Crippen LogP contribution in [-0.4, -0.2) is 33.0 Å². The Labute approximate surface area is 75.8 Å². The molecule has 0 heterocycles. The van der Waals surface area contributed by atoms with Crippen LogP contribution in [0.1, 0.15) is 32.6 Å². The third-order valence-electron chi connectivity index (χ3n) is 1.29. The summed E-state index contributed by atoms with van der Waals surface area (Å²) in [5.41, 5.74) is 0. The first-order valence-corrected chi connectivity index (χ1v) is 5.74. The molecule has 3 heteroatoms. The number of amides is 1. The van der Waals surface area contributed by atoms with E-state index in [1.54, 1.807) is 0 Å². The van der Waals surface area contributed by atoms with Crippen molar-refractivity contribution in [2.24, 2.45) is 0 Å². The molecule has 10 heavy (non-hydrogen) atoms. The van der Waals surface area contributed by atoms with Crippen LogP contribution in [0.3, 0.4) is 0 Å². The molecule has 0 saturated carbocycles. The molecule has 1 amide bonds. The first kappa shape index (κ1) is 10.3. The van der Waals surface area contributed by atoms with Gasteiger partial charge in [-0.05, 0) is 0 Å². The van der Waals surface area contributed by atoms with Gasteiger partial charge in [0.2, 0.25) is 0 Å². The van der Waals surface area contributed by atoms with Crippen molar-refractivity contribution >= 4 is 28.4 Å². The fourth-order valence-corrected chi connectivity index (χ4v) is 1.29. The molecule has 0 aromatic rings. The second-order valence-electron chi connectivity index (χ2n) is 2.23. The maximum absolute atomic E-state index is 10.8. The molecule has 0 rings (SSSR count). The van der Waals surface area contributed by atoms with E-state index < -0.39 is 0 Å². The van der Waals surface area contributed by atoms with Crippen LogP contribution >= 0.6 is 0 Å². The molecule has 0 aliphatic rings. The zero-order chi connectivity index (χ0) is 7.82. The molecule has 2 nitrogen and oxygen atoms in total. The van der Waals surface area contributed by atoms with Gasteiger partial charge in [0.1, 0.15) is 0 Å². The number of rotatable bonds is 5. The molecule has 0 bridgehead atoms. The van der Waals surface area contributed by atoms with E-state index in [0.29, 0.717) is 6.42 Å². The summed E-state index contributed by atoms with van der Waals surface area (Å²) in [5, 5.41) is 2.81. The Kier molecular flexibility index (Phi) is 7.57. The molecule has 0 atom stereocenters. The first-order valence-electron chi connectivity index (χ1n) is 3.72. The summed E-state index contributed by atoms with van der Waals surface area (Å²) in [7, 11) is 0. The summed E-state index contributed by atoms with van der Waals surface area (Å²) < 4.78 is 0.845. The van der Waals surface area contributed by atoms with Gasteiger partial charge in [-0.15, -0.1) is 0 Å². The predicted octanol–water partition coefficient (Wildman–Crippen LogP) is 0.809. The molecule has 0 aromatic carbocycles. The summed E-state index contributed by atoms with van der Waals surface area (Å²) in [6.45, 7) is 2.14. The average Bonchev–Trinajstić information content (AvgIpc) is 1.89. The average molecular weight is 247 g/mol. The van der Waals surface area contributed by atoms with Gasteiger partial charge in [0.15, 0.2) is 0 Å². The number of hydrogen-bond donors (Lipinski definition) is 1. The van der Waals surface area contributed by atoms with Gasteiger partial charge in [0.25, 0.3) is 0 Å². The third-order valence-corrected chi connectivity index (χ3v) is 1.80. The molecule has 3 radical (unpaired) electrons. The SMILES string of the molecule is CCCCCC(=O)N[CH2][Sn]. The monoisotopic (exact) mass is 248 g/mol. The molecule has 57 valence electrons. The van der Waals surface area contributed by atoms with Gasteiger partial charge in [-0.25, -0.2) is 0 Å². The zero-order valence-corrected chi connectivity index (χ0v) is 9.30. The Hall–Kier alpha value is 0.269. The van der Waals surface area contributed by atoms with Gasteiger partial charge in [-0.3, -0.25) is 0 Å². The van der Waals surface area contributed by atoms with E-state index in [2.05, 4.69) is 12.2 Å². The van der Waals surface area contributed by atoms with E-state index in [0.717, 1.165) is 11.0 Å². The Morgan fingerprint density at radius 3 is 2.70 bits per heavy atom. The Balaban J connectivity index is 3.05. The van der Waals surface area contributed by atoms with Crippen LogP contribution in [0.15, 0.2) is 0 Å². The molecule has 0 aromatic heterocycles. The molecular formula is C7H14NOSn. The summed E-state index contributed by atoms with van der Waals surface area (Å²) in [6, 6.07) is 0. The van der Waals surface area contributed by atoms with E-state index in [4.69, 9.17) is 0 Å². The van der Waals surface area contributed by atoms with Gasteiger partial charge in [-0.1, -0.05) is 0 Å². The molecule has 0 aliphatic carbocycles. The van der Waals surface area contributed by atoms with E-state index >= 15 is 0 Å². The van der Waals surface area contributed by atoms with Crippen LogP contribution in [0, 0.1) is 0 Å². The molecule has 1 N–H and O–H groups in total. The van der Waals surface area contributed by atoms with E-state index in [-0.39, 0.29) is 5.91 Å².